The van der Waals surface area contributed by atoms with Gasteiger partial charge in [0.25, 0.3) is 0 Å². The van der Waals surface area contributed by atoms with Crippen molar-refractivity contribution in [2.45, 2.75) is 33.6 Å². The van der Waals surface area contributed by atoms with E-state index < -0.39 is 0 Å². The summed E-state index contributed by atoms with van der Waals surface area (Å²) in [5.74, 6) is 3.15. The molecule has 0 radical (unpaired) electrons. The summed E-state index contributed by atoms with van der Waals surface area (Å²) in [5.41, 5.74) is 2.09. The first-order valence-corrected chi connectivity index (χ1v) is 8.93. The minimum Gasteiger partial charge on any atom is -0.353 e. The highest BCUT2D eigenvalue weighted by Crippen LogP contribution is 2.31. The number of aromatic nitrogens is 4. The molecule has 1 aliphatic heterocycles. The Balaban J connectivity index is 1.53. The highest BCUT2D eigenvalue weighted by Gasteiger charge is 2.34. The Bertz CT molecular complexity index is 802. The fourth-order valence-electron chi connectivity index (χ4n) is 3.30. The zero-order valence-electron chi connectivity index (χ0n) is 15.1. The van der Waals surface area contributed by atoms with Gasteiger partial charge in [-0.05, 0) is 33.6 Å². The van der Waals surface area contributed by atoms with Crippen molar-refractivity contribution in [1.29, 1.82) is 0 Å². The van der Waals surface area contributed by atoms with E-state index in [2.05, 4.69) is 19.9 Å². The molecule has 0 aromatic carbocycles. The summed E-state index contributed by atoms with van der Waals surface area (Å²) < 4.78 is 2.00. The molecule has 2 fully saturated rings. The number of piperazine rings is 1. The van der Waals surface area contributed by atoms with Gasteiger partial charge >= 0.3 is 0 Å². The van der Waals surface area contributed by atoms with Gasteiger partial charge in [0.15, 0.2) is 0 Å². The molecular formula is C18H24N6O. The van der Waals surface area contributed by atoms with Crippen LogP contribution in [0.2, 0.25) is 0 Å². The van der Waals surface area contributed by atoms with Crippen LogP contribution in [0.25, 0.3) is 5.82 Å². The van der Waals surface area contributed by atoms with Gasteiger partial charge in [-0.15, -0.1) is 0 Å². The lowest BCUT2D eigenvalue weighted by Crippen LogP contribution is -2.49. The molecule has 0 spiro atoms. The van der Waals surface area contributed by atoms with Gasteiger partial charge in [0, 0.05) is 43.9 Å². The largest absolute Gasteiger partial charge is 0.353 e. The van der Waals surface area contributed by atoms with E-state index in [1.807, 2.05) is 42.6 Å². The Hall–Kier alpha value is -2.44. The quantitative estimate of drug-likeness (QED) is 0.850. The van der Waals surface area contributed by atoms with Crippen molar-refractivity contribution in [1.82, 2.24) is 24.4 Å². The van der Waals surface area contributed by atoms with Gasteiger partial charge < -0.3 is 9.80 Å². The Labute approximate surface area is 147 Å². The maximum Gasteiger partial charge on any atom is 0.225 e. The highest BCUT2D eigenvalue weighted by atomic mass is 16.2. The fraction of sp³-hybridized carbons (Fsp3) is 0.556. The lowest BCUT2D eigenvalue weighted by Gasteiger charge is -2.35. The average molecular weight is 340 g/mol. The lowest BCUT2D eigenvalue weighted by atomic mass is 10.2. The second kappa shape index (κ2) is 6.13. The van der Waals surface area contributed by atoms with Crippen molar-refractivity contribution in [3.05, 3.63) is 29.6 Å². The number of imidazole rings is 1. The molecule has 2 aromatic heterocycles. The molecule has 0 N–H and O–H groups in total. The molecule has 25 heavy (non-hydrogen) atoms. The summed E-state index contributed by atoms with van der Waals surface area (Å²) >= 11 is 0. The predicted octanol–water partition coefficient (Wildman–Crippen LogP) is 1.65. The summed E-state index contributed by atoms with van der Waals surface area (Å²) in [7, 11) is 0. The lowest BCUT2D eigenvalue weighted by molar-refractivity contribution is -0.132. The maximum atomic E-state index is 12.2. The molecule has 1 amide bonds. The summed E-state index contributed by atoms with van der Waals surface area (Å²) in [5, 5.41) is 0. The Morgan fingerprint density at radius 2 is 1.72 bits per heavy atom. The SMILES string of the molecule is Cc1nc(N2CCN(C(=O)C3CC3)CC2)cc(-n2cnc(C)c2C)n1. The first kappa shape index (κ1) is 16.1. The zero-order valence-corrected chi connectivity index (χ0v) is 15.1. The first-order valence-electron chi connectivity index (χ1n) is 8.93. The van der Waals surface area contributed by atoms with Crippen LogP contribution in [0.1, 0.15) is 30.1 Å². The normalized spacial score (nSPS) is 17.9. The van der Waals surface area contributed by atoms with Crippen molar-refractivity contribution in [2.75, 3.05) is 31.1 Å². The number of amides is 1. The van der Waals surface area contributed by atoms with Crippen LogP contribution in [0.5, 0.6) is 0 Å². The Kier molecular flexibility index (Phi) is 3.94. The van der Waals surface area contributed by atoms with Gasteiger partial charge in [-0.2, -0.15) is 0 Å². The molecular weight excluding hydrogens is 316 g/mol. The smallest absolute Gasteiger partial charge is 0.225 e. The van der Waals surface area contributed by atoms with Crippen molar-refractivity contribution in [2.24, 2.45) is 5.92 Å². The van der Waals surface area contributed by atoms with E-state index in [0.29, 0.717) is 11.8 Å². The van der Waals surface area contributed by atoms with Gasteiger partial charge in [0.2, 0.25) is 5.91 Å². The van der Waals surface area contributed by atoms with Crippen LogP contribution in [0.4, 0.5) is 5.82 Å². The van der Waals surface area contributed by atoms with Crippen LogP contribution >= 0.6 is 0 Å². The number of nitrogens with zero attached hydrogens (tertiary/aromatic N) is 6. The maximum absolute atomic E-state index is 12.2. The topological polar surface area (TPSA) is 67.2 Å². The molecule has 1 saturated carbocycles. The molecule has 1 saturated heterocycles. The standard InChI is InChI=1S/C18H24N6O/c1-12-13(2)24(11-19-12)17-10-16(20-14(3)21-17)22-6-8-23(9-7-22)18(25)15-4-5-15/h10-11,15H,4-9H2,1-3H3. The summed E-state index contributed by atoms with van der Waals surface area (Å²) in [6, 6.07) is 2.01. The molecule has 2 aliphatic rings. The summed E-state index contributed by atoms with van der Waals surface area (Å²) in [6.07, 6.45) is 3.94. The molecule has 132 valence electrons. The third kappa shape index (κ3) is 3.10. The molecule has 3 heterocycles. The third-order valence-corrected chi connectivity index (χ3v) is 5.15. The molecule has 4 rings (SSSR count). The summed E-state index contributed by atoms with van der Waals surface area (Å²) in [4.78, 5) is 30.0. The molecule has 0 unspecified atom stereocenters. The van der Waals surface area contributed by atoms with Gasteiger partial charge in [0.05, 0.1) is 5.69 Å². The molecule has 1 aliphatic carbocycles. The van der Waals surface area contributed by atoms with Crippen LogP contribution in [0.15, 0.2) is 12.4 Å². The van der Waals surface area contributed by atoms with Gasteiger partial charge in [0.1, 0.15) is 23.8 Å². The van der Waals surface area contributed by atoms with Crippen LogP contribution in [0.3, 0.4) is 0 Å². The number of carbonyl (C=O) groups excluding carboxylic acids is 1. The minimum absolute atomic E-state index is 0.298. The van der Waals surface area contributed by atoms with Crippen LogP contribution in [-0.2, 0) is 4.79 Å². The van der Waals surface area contributed by atoms with E-state index in [-0.39, 0.29) is 0 Å². The molecule has 0 bridgehead atoms. The van der Waals surface area contributed by atoms with Crippen LogP contribution < -0.4 is 4.90 Å². The Morgan fingerprint density at radius 3 is 2.32 bits per heavy atom. The highest BCUT2D eigenvalue weighted by molar-refractivity contribution is 5.81. The van der Waals surface area contributed by atoms with Crippen LogP contribution in [0, 0.1) is 26.7 Å². The van der Waals surface area contributed by atoms with Crippen molar-refractivity contribution in [3.63, 3.8) is 0 Å². The minimum atomic E-state index is 0.298. The third-order valence-electron chi connectivity index (χ3n) is 5.15. The van der Waals surface area contributed by atoms with Crippen molar-refractivity contribution < 1.29 is 4.79 Å². The fourth-order valence-corrected chi connectivity index (χ4v) is 3.30. The number of hydrogen-bond acceptors (Lipinski definition) is 5. The zero-order chi connectivity index (χ0) is 17.6. The number of hydrogen-bond donors (Lipinski definition) is 0. The van der Waals surface area contributed by atoms with Crippen LogP contribution in [-0.4, -0.2) is 56.5 Å². The van der Waals surface area contributed by atoms with Gasteiger partial charge in [-0.25, -0.2) is 15.0 Å². The van der Waals surface area contributed by atoms with E-state index in [4.69, 9.17) is 0 Å². The number of anilines is 1. The number of carbonyl (C=O) groups is 1. The van der Waals surface area contributed by atoms with E-state index in [0.717, 1.165) is 67.9 Å². The summed E-state index contributed by atoms with van der Waals surface area (Å²) in [6.45, 7) is 9.14. The second-order valence-corrected chi connectivity index (χ2v) is 7.00. The molecule has 0 atom stereocenters. The number of aryl methyl sites for hydroxylation is 2. The molecule has 7 nitrogen and oxygen atoms in total. The van der Waals surface area contributed by atoms with E-state index in [9.17, 15) is 4.79 Å². The van der Waals surface area contributed by atoms with E-state index in [1.54, 1.807) is 0 Å². The van der Waals surface area contributed by atoms with Gasteiger partial charge in [-0.1, -0.05) is 0 Å². The molecule has 7 heteroatoms. The number of rotatable bonds is 3. The predicted molar refractivity (Wildman–Crippen MR) is 94.9 cm³/mol. The second-order valence-electron chi connectivity index (χ2n) is 7.00. The molecule has 2 aromatic rings. The van der Waals surface area contributed by atoms with E-state index >= 15 is 0 Å². The first-order chi connectivity index (χ1) is 12.0. The Morgan fingerprint density at radius 1 is 1.04 bits per heavy atom. The van der Waals surface area contributed by atoms with E-state index in [1.165, 1.54) is 0 Å². The average Bonchev–Trinajstić information content (AvgIpc) is 3.40. The van der Waals surface area contributed by atoms with Crippen molar-refractivity contribution in [3.8, 4) is 5.82 Å². The van der Waals surface area contributed by atoms with Gasteiger partial charge in [-0.3, -0.25) is 9.36 Å². The monoisotopic (exact) mass is 340 g/mol. The van der Waals surface area contributed by atoms with Crippen molar-refractivity contribution >= 4 is 11.7 Å².